The van der Waals surface area contributed by atoms with Crippen molar-refractivity contribution in [1.29, 1.82) is 0 Å². The SMILES string of the molecule is CN(C)C1(CNC(=O)c2cc(Cl)ccc2N)CCCC1. The lowest BCUT2D eigenvalue weighted by atomic mass is 9.96. The highest BCUT2D eigenvalue weighted by Gasteiger charge is 2.36. The number of hydrogen-bond donors (Lipinski definition) is 2. The fourth-order valence-electron chi connectivity index (χ4n) is 2.88. The van der Waals surface area contributed by atoms with E-state index in [0.717, 1.165) is 12.8 Å². The van der Waals surface area contributed by atoms with Gasteiger partial charge in [0.25, 0.3) is 5.91 Å². The Bertz CT molecular complexity index is 496. The Hall–Kier alpha value is -1.26. The Morgan fingerprint density at radius 1 is 1.40 bits per heavy atom. The highest BCUT2D eigenvalue weighted by molar-refractivity contribution is 6.31. The molecule has 0 unspecified atom stereocenters. The summed E-state index contributed by atoms with van der Waals surface area (Å²) in [6.45, 7) is 0.644. The first kappa shape index (κ1) is 15.1. The van der Waals surface area contributed by atoms with Crippen molar-refractivity contribution < 1.29 is 4.79 Å². The van der Waals surface area contributed by atoms with Gasteiger partial charge in [0.15, 0.2) is 0 Å². The van der Waals surface area contributed by atoms with E-state index in [2.05, 4.69) is 24.3 Å². The Morgan fingerprint density at radius 2 is 2.05 bits per heavy atom. The van der Waals surface area contributed by atoms with Crippen LogP contribution in [-0.2, 0) is 0 Å². The molecule has 0 saturated heterocycles. The molecule has 0 radical (unpaired) electrons. The molecule has 1 saturated carbocycles. The highest BCUT2D eigenvalue weighted by atomic mass is 35.5. The number of carbonyl (C=O) groups is 1. The van der Waals surface area contributed by atoms with Crippen LogP contribution in [0.4, 0.5) is 5.69 Å². The maximum Gasteiger partial charge on any atom is 0.253 e. The summed E-state index contributed by atoms with van der Waals surface area (Å²) in [5.74, 6) is -0.155. The maximum absolute atomic E-state index is 12.3. The van der Waals surface area contributed by atoms with Crippen LogP contribution >= 0.6 is 11.6 Å². The lowest BCUT2D eigenvalue weighted by Crippen LogP contribution is -2.50. The molecule has 5 heteroatoms. The summed E-state index contributed by atoms with van der Waals surface area (Å²) in [4.78, 5) is 14.5. The van der Waals surface area contributed by atoms with E-state index in [9.17, 15) is 4.79 Å². The molecule has 1 aromatic carbocycles. The number of nitrogen functional groups attached to an aromatic ring is 1. The van der Waals surface area contributed by atoms with Crippen LogP contribution in [0.15, 0.2) is 18.2 Å². The smallest absolute Gasteiger partial charge is 0.253 e. The number of carbonyl (C=O) groups excluding carboxylic acids is 1. The molecule has 0 spiro atoms. The van der Waals surface area contributed by atoms with Crippen LogP contribution in [0, 0.1) is 0 Å². The van der Waals surface area contributed by atoms with Gasteiger partial charge >= 0.3 is 0 Å². The molecule has 0 aromatic heterocycles. The van der Waals surface area contributed by atoms with E-state index in [0.29, 0.717) is 22.8 Å². The van der Waals surface area contributed by atoms with E-state index in [-0.39, 0.29) is 11.4 Å². The zero-order chi connectivity index (χ0) is 14.8. The molecule has 110 valence electrons. The lowest BCUT2D eigenvalue weighted by molar-refractivity contribution is 0.0901. The second-order valence-corrected chi connectivity index (χ2v) is 6.18. The van der Waals surface area contributed by atoms with Crippen LogP contribution in [0.25, 0.3) is 0 Å². The summed E-state index contributed by atoms with van der Waals surface area (Å²) in [6, 6.07) is 4.96. The normalized spacial score (nSPS) is 17.4. The topological polar surface area (TPSA) is 58.4 Å². The predicted molar refractivity (Wildman–Crippen MR) is 83.1 cm³/mol. The summed E-state index contributed by atoms with van der Waals surface area (Å²) in [6.07, 6.45) is 4.66. The number of benzene rings is 1. The average molecular weight is 296 g/mol. The zero-order valence-corrected chi connectivity index (χ0v) is 12.8. The van der Waals surface area contributed by atoms with Gasteiger partial charge in [-0.15, -0.1) is 0 Å². The fraction of sp³-hybridized carbons (Fsp3) is 0.533. The Balaban J connectivity index is 2.06. The van der Waals surface area contributed by atoms with Gasteiger partial charge < -0.3 is 16.0 Å². The quantitative estimate of drug-likeness (QED) is 0.839. The van der Waals surface area contributed by atoms with Gasteiger partial charge in [0.2, 0.25) is 0 Å². The van der Waals surface area contributed by atoms with Crippen LogP contribution in [0.1, 0.15) is 36.0 Å². The molecule has 1 aromatic rings. The number of rotatable bonds is 4. The lowest BCUT2D eigenvalue weighted by Gasteiger charge is -2.36. The zero-order valence-electron chi connectivity index (χ0n) is 12.1. The first-order valence-corrected chi connectivity index (χ1v) is 7.33. The van der Waals surface area contributed by atoms with Crippen molar-refractivity contribution >= 4 is 23.2 Å². The number of halogens is 1. The van der Waals surface area contributed by atoms with E-state index in [4.69, 9.17) is 17.3 Å². The molecule has 1 fully saturated rings. The summed E-state index contributed by atoms with van der Waals surface area (Å²) in [5.41, 5.74) is 6.81. The number of anilines is 1. The third kappa shape index (κ3) is 3.07. The van der Waals surface area contributed by atoms with Crippen LogP contribution in [0.5, 0.6) is 0 Å². The number of hydrogen-bond acceptors (Lipinski definition) is 3. The molecule has 20 heavy (non-hydrogen) atoms. The van der Waals surface area contributed by atoms with Gasteiger partial charge in [-0.2, -0.15) is 0 Å². The van der Waals surface area contributed by atoms with Gasteiger partial charge in [0.1, 0.15) is 0 Å². The van der Waals surface area contributed by atoms with E-state index >= 15 is 0 Å². The van der Waals surface area contributed by atoms with Crippen molar-refractivity contribution in [3.63, 3.8) is 0 Å². The number of nitrogens with two attached hydrogens (primary N) is 1. The number of nitrogens with one attached hydrogen (secondary N) is 1. The molecular formula is C15H22ClN3O. The first-order chi connectivity index (χ1) is 9.44. The summed E-state index contributed by atoms with van der Waals surface area (Å²) in [7, 11) is 4.15. The maximum atomic E-state index is 12.3. The van der Waals surface area contributed by atoms with Crippen LogP contribution in [-0.4, -0.2) is 37.0 Å². The molecule has 4 nitrogen and oxygen atoms in total. The monoisotopic (exact) mass is 295 g/mol. The first-order valence-electron chi connectivity index (χ1n) is 6.95. The molecule has 0 heterocycles. The van der Waals surface area contributed by atoms with E-state index in [1.807, 2.05) is 0 Å². The fourth-order valence-corrected chi connectivity index (χ4v) is 3.05. The van der Waals surface area contributed by atoms with E-state index in [1.54, 1.807) is 18.2 Å². The minimum atomic E-state index is -0.155. The average Bonchev–Trinajstić information content (AvgIpc) is 2.89. The minimum Gasteiger partial charge on any atom is -0.398 e. The van der Waals surface area contributed by atoms with Crippen LogP contribution < -0.4 is 11.1 Å². The van der Waals surface area contributed by atoms with Gasteiger partial charge in [-0.1, -0.05) is 24.4 Å². The number of nitrogens with zero attached hydrogens (tertiary/aromatic N) is 1. The molecule has 2 rings (SSSR count). The highest BCUT2D eigenvalue weighted by Crippen LogP contribution is 2.33. The van der Waals surface area contributed by atoms with Gasteiger partial charge in [-0.3, -0.25) is 4.79 Å². The standard InChI is InChI=1S/C15H22ClN3O/c1-19(2)15(7-3-4-8-15)10-18-14(20)12-9-11(16)5-6-13(12)17/h5-6,9H,3-4,7-8,10,17H2,1-2H3,(H,18,20). The number of amides is 1. The van der Waals surface area contributed by atoms with Gasteiger partial charge in [0.05, 0.1) is 5.56 Å². The van der Waals surface area contributed by atoms with Gasteiger partial charge in [-0.05, 0) is 45.1 Å². The van der Waals surface area contributed by atoms with Crippen molar-refractivity contribution in [2.45, 2.75) is 31.2 Å². The Kier molecular flexibility index (Phi) is 4.55. The third-order valence-electron chi connectivity index (χ3n) is 4.32. The van der Waals surface area contributed by atoms with Gasteiger partial charge in [0, 0.05) is 22.8 Å². The largest absolute Gasteiger partial charge is 0.398 e. The van der Waals surface area contributed by atoms with Crippen molar-refractivity contribution in [3.05, 3.63) is 28.8 Å². The van der Waals surface area contributed by atoms with Crippen molar-refractivity contribution in [1.82, 2.24) is 10.2 Å². The Labute approximate surface area is 125 Å². The van der Waals surface area contributed by atoms with Crippen molar-refractivity contribution in [2.24, 2.45) is 0 Å². The van der Waals surface area contributed by atoms with Crippen molar-refractivity contribution in [3.8, 4) is 0 Å². The molecule has 0 aliphatic heterocycles. The third-order valence-corrected chi connectivity index (χ3v) is 4.56. The Morgan fingerprint density at radius 3 is 2.65 bits per heavy atom. The molecule has 0 atom stereocenters. The molecule has 0 bridgehead atoms. The van der Waals surface area contributed by atoms with Gasteiger partial charge in [-0.25, -0.2) is 0 Å². The minimum absolute atomic E-state index is 0.0724. The summed E-state index contributed by atoms with van der Waals surface area (Å²) in [5, 5.41) is 3.53. The second-order valence-electron chi connectivity index (χ2n) is 5.74. The van der Waals surface area contributed by atoms with Crippen molar-refractivity contribution in [2.75, 3.05) is 26.4 Å². The van der Waals surface area contributed by atoms with E-state index < -0.39 is 0 Å². The number of likely N-dealkylation sites (N-methyl/N-ethyl adjacent to an activating group) is 1. The summed E-state index contributed by atoms with van der Waals surface area (Å²) >= 11 is 5.92. The molecule has 3 N–H and O–H groups in total. The predicted octanol–water partition coefficient (Wildman–Crippen LogP) is 2.53. The van der Waals surface area contributed by atoms with Crippen LogP contribution in [0.2, 0.25) is 5.02 Å². The van der Waals surface area contributed by atoms with Crippen LogP contribution in [0.3, 0.4) is 0 Å². The second kappa shape index (κ2) is 6.02. The molecule has 1 aliphatic rings. The molecule has 1 amide bonds. The molecular weight excluding hydrogens is 274 g/mol. The summed E-state index contributed by atoms with van der Waals surface area (Å²) < 4.78 is 0. The molecule has 1 aliphatic carbocycles. The van der Waals surface area contributed by atoms with E-state index in [1.165, 1.54) is 12.8 Å².